The fourth-order valence-corrected chi connectivity index (χ4v) is 2.28. The molecule has 8 heteroatoms. The molecule has 138 valence electrons. The van der Waals surface area contributed by atoms with E-state index in [1.54, 1.807) is 12.1 Å². The second kappa shape index (κ2) is 7.78. The van der Waals surface area contributed by atoms with Crippen LogP contribution < -0.4 is 10.6 Å². The van der Waals surface area contributed by atoms with Crippen LogP contribution in [0.1, 0.15) is 30.9 Å². The highest BCUT2D eigenvalue weighted by Gasteiger charge is 2.31. The van der Waals surface area contributed by atoms with E-state index in [-0.39, 0.29) is 10.7 Å². The molecule has 0 fully saturated rings. The van der Waals surface area contributed by atoms with Crippen LogP contribution in [0.3, 0.4) is 0 Å². The average Bonchev–Trinajstić information content (AvgIpc) is 2.56. The summed E-state index contributed by atoms with van der Waals surface area (Å²) in [5, 5.41) is 4.35. The molecule has 0 radical (unpaired) electrons. The quantitative estimate of drug-likeness (QED) is 0.727. The van der Waals surface area contributed by atoms with Crippen molar-refractivity contribution in [1.82, 2.24) is 0 Å². The minimum atomic E-state index is -4.59. The van der Waals surface area contributed by atoms with Crippen molar-refractivity contribution >= 4 is 34.8 Å². The number of nitrogens with one attached hydrogen (secondary N) is 2. The van der Waals surface area contributed by atoms with Gasteiger partial charge in [0, 0.05) is 5.69 Å². The molecule has 0 aromatic heterocycles. The Kier molecular flexibility index (Phi) is 5.92. The van der Waals surface area contributed by atoms with Crippen molar-refractivity contribution in [2.75, 3.05) is 10.6 Å². The monoisotopic (exact) mass is 384 g/mol. The Bertz CT molecular complexity index is 818. The topological polar surface area (TPSA) is 58.2 Å². The lowest BCUT2D eigenvalue weighted by molar-refractivity contribution is -0.137. The van der Waals surface area contributed by atoms with Crippen LogP contribution in [0.2, 0.25) is 5.02 Å². The summed E-state index contributed by atoms with van der Waals surface area (Å²) in [6, 6.07) is 9.35. The van der Waals surface area contributed by atoms with Crippen molar-refractivity contribution in [2.45, 2.75) is 25.9 Å². The predicted octanol–water partition coefficient (Wildman–Crippen LogP) is 5.06. The molecule has 26 heavy (non-hydrogen) atoms. The number of anilines is 2. The number of benzene rings is 2. The van der Waals surface area contributed by atoms with E-state index in [2.05, 4.69) is 10.6 Å². The fraction of sp³-hybridized carbons (Fsp3) is 0.222. The molecule has 0 aliphatic rings. The lowest BCUT2D eigenvalue weighted by atomic mass is 10.0. The van der Waals surface area contributed by atoms with Crippen LogP contribution in [-0.4, -0.2) is 11.8 Å². The van der Waals surface area contributed by atoms with Gasteiger partial charge in [-0.05, 0) is 41.8 Å². The smallest absolute Gasteiger partial charge is 0.318 e. The number of amides is 2. The molecule has 2 amide bonds. The van der Waals surface area contributed by atoms with Crippen LogP contribution in [-0.2, 0) is 15.8 Å². The van der Waals surface area contributed by atoms with Crippen LogP contribution in [0.4, 0.5) is 24.5 Å². The normalized spacial score (nSPS) is 11.3. The number of halogens is 4. The van der Waals surface area contributed by atoms with Gasteiger partial charge in [-0.1, -0.05) is 37.6 Å². The molecule has 4 nitrogen and oxygen atoms in total. The van der Waals surface area contributed by atoms with Crippen molar-refractivity contribution in [1.29, 1.82) is 0 Å². The summed E-state index contributed by atoms with van der Waals surface area (Å²) in [4.78, 5) is 23.9. The van der Waals surface area contributed by atoms with Crippen LogP contribution in [0, 0.1) is 0 Å². The first kappa shape index (κ1) is 19.8. The van der Waals surface area contributed by atoms with E-state index >= 15 is 0 Å². The van der Waals surface area contributed by atoms with Gasteiger partial charge in [0.1, 0.15) is 0 Å². The molecule has 2 rings (SSSR count). The number of hydrogen-bond donors (Lipinski definition) is 2. The molecule has 0 aliphatic heterocycles. The number of alkyl halides is 3. The van der Waals surface area contributed by atoms with E-state index in [0.717, 1.165) is 17.7 Å². The van der Waals surface area contributed by atoms with Crippen molar-refractivity contribution in [2.24, 2.45) is 0 Å². The van der Waals surface area contributed by atoms with Gasteiger partial charge in [-0.25, -0.2) is 0 Å². The molecule has 0 atom stereocenters. The van der Waals surface area contributed by atoms with Gasteiger partial charge in [-0.3, -0.25) is 9.59 Å². The highest BCUT2D eigenvalue weighted by atomic mass is 35.5. The molecule has 0 saturated carbocycles. The third-order valence-electron chi connectivity index (χ3n) is 3.58. The van der Waals surface area contributed by atoms with E-state index in [1.807, 2.05) is 26.0 Å². The largest absolute Gasteiger partial charge is 0.416 e. The Morgan fingerprint density at radius 2 is 1.54 bits per heavy atom. The minimum Gasteiger partial charge on any atom is -0.318 e. The van der Waals surface area contributed by atoms with Crippen LogP contribution in [0.25, 0.3) is 0 Å². The molecule has 0 spiro atoms. The van der Waals surface area contributed by atoms with E-state index in [0.29, 0.717) is 17.7 Å². The zero-order valence-corrected chi connectivity index (χ0v) is 14.7. The molecule has 2 aromatic carbocycles. The summed E-state index contributed by atoms with van der Waals surface area (Å²) in [5.41, 5.74) is 0.173. The van der Waals surface area contributed by atoms with Crippen LogP contribution in [0.5, 0.6) is 0 Å². The van der Waals surface area contributed by atoms with Crippen LogP contribution >= 0.6 is 11.6 Å². The van der Waals surface area contributed by atoms with E-state index in [4.69, 9.17) is 11.6 Å². The summed E-state index contributed by atoms with van der Waals surface area (Å²) in [6.45, 7) is 4.03. The van der Waals surface area contributed by atoms with Gasteiger partial charge in [0.05, 0.1) is 16.3 Å². The third-order valence-corrected chi connectivity index (χ3v) is 3.91. The van der Waals surface area contributed by atoms with Gasteiger partial charge in [0.2, 0.25) is 0 Å². The second-order valence-corrected chi connectivity index (χ2v) is 6.28. The first-order valence-electron chi connectivity index (χ1n) is 7.67. The molecule has 0 aliphatic carbocycles. The molecule has 0 saturated heterocycles. The maximum atomic E-state index is 12.7. The maximum Gasteiger partial charge on any atom is 0.416 e. The SMILES string of the molecule is CC(C)c1ccc(NC(=O)C(=O)Nc2cc(C(F)(F)F)ccc2Cl)cc1. The van der Waals surface area contributed by atoms with Gasteiger partial charge < -0.3 is 10.6 Å². The predicted molar refractivity (Wildman–Crippen MR) is 94.2 cm³/mol. The fourth-order valence-electron chi connectivity index (χ4n) is 2.12. The lowest BCUT2D eigenvalue weighted by Gasteiger charge is -2.12. The number of carbonyl (C=O) groups excluding carboxylic acids is 2. The van der Waals surface area contributed by atoms with Crippen molar-refractivity contribution in [3.63, 3.8) is 0 Å². The highest BCUT2D eigenvalue weighted by Crippen LogP contribution is 2.33. The molecular weight excluding hydrogens is 369 g/mol. The molecular formula is C18H16ClF3N2O2. The molecule has 2 aromatic rings. The summed E-state index contributed by atoms with van der Waals surface area (Å²) in [7, 11) is 0. The Hall–Kier alpha value is -2.54. The summed E-state index contributed by atoms with van der Waals surface area (Å²) < 4.78 is 38.2. The van der Waals surface area contributed by atoms with E-state index in [1.165, 1.54) is 0 Å². The highest BCUT2D eigenvalue weighted by molar-refractivity contribution is 6.44. The van der Waals surface area contributed by atoms with Gasteiger partial charge >= 0.3 is 18.0 Å². The summed E-state index contributed by atoms with van der Waals surface area (Å²) >= 11 is 5.79. The standard InChI is InChI=1S/C18H16ClF3N2O2/c1-10(2)11-3-6-13(7-4-11)23-16(25)17(26)24-15-9-12(18(20,21)22)5-8-14(15)19/h3-10H,1-2H3,(H,23,25)(H,24,26). The minimum absolute atomic E-state index is 0.111. The number of hydrogen-bond acceptors (Lipinski definition) is 2. The summed E-state index contributed by atoms with van der Waals surface area (Å²) in [6.07, 6.45) is -4.59. The Labute approximate surface area is 153 Å². The van der Waals surface area contributed by atoms with E-state index in [9.17, 15) is 22.8 Å². The number of rotatable bonds is 3. The Morgan fingerprint density at radius 3 is 2.08 bits per heavy atom. The van der Waals surface area contributed by atoms with Gasteiger partial charge in [0.15, 0.2) is 0 Å². The molecule has 2 N–H and O–H groups in total. The Morgan fingerprint density at radius 1 is 0.962 bits per heavy atom. The average molecular weight is 385 g/mol. The zero-order chi connectivity index (χ0) is 19.5. The maximum absolute atomic E-state index is 12.7. The van der Waals surface area contributed by atoms with Crippen molar-refractivity contribution < 1.29 is 22.8 Å². The molecule has 0 heterocycles. The van der Waals surface area contributed by atoms with Crippen molar-refractivity contribution in [3.05, 3.63) is 58.6 Å². The third kappa shape index (κ3) is 4.98. The first-order chi connectivity index (χ1) is 12.1. The van der Waals surface area contributed by atoms with Gasteiger partial charge in [-0.15, -0.1) is 0 Å². The van der Waals surface area contributed by atoms with Crippen molar-refractivity contribution in [3.8, 4) is 0 Å². The zero-order valence-electron chi connectivity index (χ0n) is 13.9. The van der Waals surface area contributed by atoms with Crippen LogP contribution in [0.15, 0.2) is 42.5 Å². The second-order valence-electron chi connectivity index (χ2n) is 5.88. The van der Waals surface area contributed by atoms with Gasteiger partial charge in [0.25, 0.3) is 0 Å². The lowest BCUT2D eigenvalue weighted by Crippen LogP contribution is -2.29. The summed E-state index contributed by atoms with van der Waals surface area (Å²) in [5.74, 6) is -1.83. The van der Waals surface area contributed by atoms with E-state index < -0.39 is 23.6 Å². The number of carbonyl (C=O) groups is 2. The Balaban J connectivity index is 2.08. The van der Waals surface area contributed by atoms with Gasteiger partial charge in [-0.2, -0.15) is 13.2 Å². The first-order valence-corrected chi connectivity index (χ1v) is 8.04. The molecule has 0 bridgehead atoms. The molecule has 0 unspecified atom stereocenters.